The molecule has 1 amide bonds. The van der Waals surface area contributed by atoms with Gasteiger partial charge in [-0.25, -0.2) is 9.97 Å². The van der Waals surface area contributed by atoms with Gasteiger partial charge in [0.2, 0.25) is 11.8 Å². The van der Waals surface area contributed by atoms with E-state index >= 15 is 0 Å². The normalized spacial score (nSPS) is 27.1. The first kappa shape index (κ1) is 15.0. The van der Waals surface area contributed by atoms with E-state index in [1.54, 1.807) is 7.11 Å². The number of carbonyl (C=O) groups excluding carboxylic acids is 1. The van der Waals surface area contributed by atoms with E-state index in [1.807, 2.05) is 19.9 Å². The number of nitrogens with one attached hydrogen (secondary N) is 1. The van der Waals surface area contributed by atoms with Crippen LogP contribution >= 0.6 is 0 Å². The summed E-state index contributed by atoms with van der Waals surface area (Å²) in [6.07, 6.45) is 2.81. The van der Waals surface area contributed by atoms with Crippen molar-refractivity contribution in [3.05, 3.63) is 12.4 Å². The Morgan fingerprint density at radius 1 is 1.50 bits per heavy atom. The highest BCUT2D eigenvalue weighted by Crippen LogP contribution is 2.35. The van der Waals surface area contributed by atoms with Gasteiger partial charge >= 0.3 is 0 Å². The summed E-state index contributed by atoms with van der Waals surface area (Å²) in [4.78, 5) is 22.7. The number of methoxy groups -OCH3 is 1. The molecule has 1 aromatic rings. The summed E-state index contributed by atoms with van der Waals surface area (Å²) < 4.78 is 11.1. The van der Waals surface area contributed by atoms with Crippen molar-refractivity contribution < 1.29 is 14.3 Å². The molecule has 1 N–H and O–H groups in total. The van der Waals surface area contributed by atoms with E-state index in [9.17, 15) is 4.79 Å². The van der Waals surface area contributed by atoms with Crippen molar-refractivity contribution >= 4 is 11.7 Å². The van der Waals surface area contributed by atoms with Gasteiger partial charge in [0, 0.05) is 25.1 Å². The Hall–Kier alpha value is -1.89. The molecule has 2 aliphatic rings. The van der Waals surface area contributed by atoms with E-state index < -0.39 is 0 Å². The Balaban J connectivity index is 1.71. The van der Waals surface area contributed by atoms with E-state index in [1.165, 1.54) is 6.33 Å². The maximum atomic E-state index is 12.1. The van der Waals surface area contributed by atoms with Crippen LogP contribution in [0.25, 0.3) is 0 Å². The molecule has 0 aliphatic carbocycles. The molecule has 7 heteroatoms. The van der Waals surface area contributed by atoms with Crippen molar-refractivity contribution in [3.63, 3.8) is 0 Å². The zero-order valence-electron chi connectivity index (χ0n) is 13.2. The summed E-state index contributed by atoms with van der Waals surface area (Å²) in [7, 11) is 1.59. The predicted octanol–water partition coefficient (Wildman–Crippen LogP) is 0.746. The largest absolute Gasteiger partial charge is 0.481 e. The molecule has 2 saturated heterocycles. The van der Waals surface area contributed by atoms with E-state index in [2.05, 4.69) is 20.2 Å². The number of hydrogen-bond acceptors (Lipinski definition) is 6. The lowest BCUT2D eigenvalue weighted by atomic mass is 10.1. The van der Waals surface area contributed by atoms with Crippen LogP contribution in [0.1, 0.15) is 26.7 Å². The fraction of sp³-hybridized carbons (Fsp3) is 0.667. The topological polar surface area (TPSA) is 76.6 Å². The highest BCUT2D eigenvalue weighted by molar-refractivity contribution is 5.81. The number of ether oxygens (including phenoxy) is 2. The van der Waals surface area contributed by atoms with Gasteiger partial charge in [0.1, 0.15) is 18.2 Å². The average Bonchev–Trinajstić information content (AvgIpc) is 3.06. The van der Waals surface area contributed by atoms with Gasteiger partial charge in [-0.15, -0.1) is 0 Å². The maximum absolute atomic E-state index is 12.1. The first-order valence-corrected chi connectivity index (χ1v) is 7.67. The van der Waals surface area contributed by atoms with Crippen molar-refractivity contribution in [2.45, 2.75) is 51.0 Å². The molecule has 7 nitrogen and oxygen atoms in total. The molecule has 2 unspecified atom stereocenters. The van der Waals surface area contributed by atoms with Crippen molar-refractivity contribution in [3.8, 4) is 5.88 Å². The molecule has 0 saturated carbocycles. The van der Waals surface area contributed by atoms with Crippen LogP contribution in [-0.4, -0.2) is 53.8 Å². The Kier molecular flexibility index (Phi) is 4.15. The Morgan fingerprint density at radius 2 is 2.32 bits per heavy atom. The number of anilines is 1. The molecule has 3 atom stereocenters. The van der Waals surface area contributed by atoms with Crippen LogP contribution in [0.15, 0.2) is 12.4 Å². The summed E-state index contributed by atoms with van der Waals surface area (Å²) in [6, 6.07) is 2.13. The third-order valence-corrected chi connectivity index (χ3v) is 4.13. The highest BCUT2D eigenvalue weighted by atomic mass is 16.5. The minimum Gasteiger partial charge on any atom is -0.481 e. The standard InChI is InChI=1S/C15H22N4O3/c1-9(2)18-15(20)12-6-10-11(22-12)4-5-19(10)13-7-14(21-3)17-8-16-13/h7-12H,4-6H2,1-3H3,(H,18,20)/t10?,11?,12-/m0/s1. The molecule has 3 heterocycles. The van der Waals surface area contributed by atoms with Gasteiger partial charge in [0.25, 0.3) is 0 Å². The van der Waals surface area contributed by atoms with Crippen molar-refractivity contribution in [1.29, 1.82) is 0 Å². The molecular weight excluding hydrogens is 284 g/mol. The lowest BCUT2D eigenvalue weighted by Crippen LogP contribution is -2.39. The van der Waals surface area contributed by atoms with Gasteiger partial charge in [0.15, 0.2) is 0 Å². The van der Waals surface area contributed by atoms with Gasteiger partial charge < -0.3 is 19.7 Å². The molecule has 2 fully saturated rings. The van der Waals surface area contributed by atoms with Crippen LogP contribution < -0.4 is 15.0 Å². The van der Waals surface area contributed by atoms with Crippen LogP contribution in [0, 0.1) is 0 Å². The summed E-state index contributed by atoms with van der Waals surface area (Å²) in [6.45, 7) is 4.77. The monoisotopic (exact) mass is 306 g/mol. The maximum Gasteiger partial charge on any atom is 0.249 e. The number of fused-ring (bicyclic) bond motifs is 1. The Bertz CT molecular complexity index is 551. The zero-order chi connectivity index (χ0) is 15.7. The third kappa shape index (κ3) is 2.85. The molecule has 1 aromatic heterocycles. The molecule has 2 aliphatic heterocycles. The SMILES string of the molecule is COc1cc(N2CCC3O[C@H](C(=O)NC(C)C)CC32)ncn1. The molecule has 3 rings (SSSR count). The number of nitrogens with zero attached hydrogens (tertiary/aromatic N) is 3. The minimum absolute atomic E-state index is 0.0235. The summed E-state index contributed by atoms with van der Waals surface area (Å²) >= 11 is 0. The van der Waals surface area contributed by atoms with Crippen LogP contribution in [0.4, 0.5) is 5.82 Å². The molecule has 0 bridgehead atoms. The fourth-order valence-electron chi connectivity index (χ4n) is 3.18. The van der Waals surface area contributed by atoms with Crippen LogP contribution in [0.5, 0.6) is 5.88 Å². The second-order valence-corrected chi connectivity index (χ2v) is 6.03. The lowest BCUT2D eigenvalue weighted by Gasteiger charge is -2.24. The van der Waals surface area contributed by atoms with Gasteiger partial charge in [0.05, 0.1) is 19.3 Å². The predicted molar refractivity (Wildman–Crippen MR) is 80.9 cm³/mol. The smallest absolute Gasteiger partial charge is 0.249 e. The number of carbonyl (C=O) groups is 1. The molecule has 22 heavy (non-hydrogen) atoms. The highest BCUT2D eigenvalue weighted by Gasteiger charge is 2.46. The van der Waals surface area contributed by atoms with Crippen LogP contribution in [0.3, 0.4) is 0 Å². The fourth-order valence-corrected chi connectivity index (χ4v) is 3.18. The molecule has 0 radical (unpaired) electrons. The van der Waals surface area contributed by atoms with Crippen molar-refractivity contribution in [1.82, 2.24) is 15.3 Å². The summed E-state index contributed by atoms with van der Waals surface area (Å²) in [5.74, 6) is 1.35. The van der Waals surface area contributed by atoms with E-state index in [-0.39, 0.29) is 30.2 Å². The first-order valence-electron chi connectivity index (χ1n) is 7.67. The second-order valence-electron chi connectivity index (χ2n) is 6.03. The van der Waals surface area contributed by atoms with Crippen LogP contribution in [0.2, 0.25) is 0 Å². The van der Waals surface area contributed by atoms with E-state index in [0.717, 1.165) is 18.8 Å². The molecule has 0 aromatic carbocycles. The quantitative estimate of drug-likeness (QED) is 0.884. The second kappa shape index (κ2) is 6.08. The van der Waals surface area contributed by atoms with Crippen LogP contribution in [-0.2, 0) is 9.53 Å². The van der Waals surface area contributed by atoms with Crippen molar-refractivity contribution in [2.24, 2.45) is 0 Å². The zero-order valence-corrected chi connectivity index (χ0v) is 13.2. The van der Waals surface area contributed by atoms with E-state index in [0.29, 0.717) is 12.3 Å². The molecule has 120 valence electrons. The lowest BCUT2D eigenvalue weighted by molar-refractivity contribution is -0.132. The average molecular weight is 306 g/mol. The number of aromatic nitrogens is 2. The third-order valence-electron chi connectivity index (χ3n) is 4.13. The molecule has 0 spiro atoms. The number of hydrogen-bond donors (Lipinski definition) is 1. The Labute approximate surface area is 130 Å². The Morgan fingerprint density at radius 3 is 3.05 bits per heavy atom. The van der Waals surface area contributed by atoms with Gasteiger partial charge in [-0.05, 0) is 20.3 Å². The summed E-state index contributed by atoms with van der Waals surface area (Å²) in [5, 5.41) is 2.92. The number of amides is 1. The van der Waals surface area contributed by atoms with Crippen molar-refractivity contribution in [2.75, 3.05) is 18.6 Å². The van der Waals surface area contributed by atoms with Gasteiger partial charge in [-0.3, -0.25) is 4.79 Å². The minimum atomic E-state index is -0.371. The van der Waals surface area contributed by atoms with Gasteiger partial charge in [-0.2, -0.15) is 0 Å². The molecular formula is C15H22N4O3. The summed E-state index contributed by atoms with van der Waals surface area (Å²) in [5.41, 5.74) is 0. The number of rotatable bonds is 4. The van der Waals surface area contributed by atoms with E-state index in [4.69, 9.17) is 9.47 Å². The first-order chi connectivity index (χ1) is 10.6. The van der Waals surface area contributed by atoms with Gasteiger partial charge in [-0.1, -0.05) is 0 Å².